The number of ether oxygens (including phenoxy) is 2. The van der Waals surface area contributed by atoms with Crippen LogP contribution in [-0.4, -0.2) is 55.3 Å². The zero-order chi connectivity index (χ0) is 13.8. The van der Waals surface area contributed by atoms with E-state index in [0.717, 1.165) is 10.7 Å². The topological polar surface area (TPSA) is 51.7 Å². The summed E-state index contributed by atoms with van der Waals surface area (Å²) in [4.78, 5) is 18.2. The molecule has 0 bridgehead atoms. The number of aromatic nitrogens is 1. The molecule has 2 rings (SSSR count). The van der Waals surface area contributed by atoms with E-state index >= 15 is 0 Å². The Morgan fingerprint density at radius 1 is 1.47 bits per heavy atom. The Balaban J connectivity index is 1.93. The minimum absolute atomic E-state index is 0.0522. The number of carbonyl (C=O) groups is 1. The summed E-state index contributed by atoms with van der Waals surface area (Å²) in [6.07, 6.45) is 0.210. The van der Waals surface area contributed by atoms with Crippen LogP contribution in [0.1, 0.15) is 10.7 Å². The van der Waals surface area contributed by atoms with Gasteiger partial charge in [0, 0.05) is 32.7 Å². The molecular formula is C12H17ClN2O3S. The van der Waals surface area contributed by atoms with Gasteiger partial charge in [0.05, 0.1) is 18.0 Å². The van der Waals surface area contributed by atoms with Crippen molar-refractivity contribution in [3.8, 4) is 0 Å². The monoisotopic (exact) mass is 304 g/mol. The summed E-state index contributed by atoms with van der Waals surface area (Å²) in [5.41, 5.74) is 0.820. The summed E-state index contributed by atoms with van der Waals surface area (Å²) in [5, 5.41) is 2.69. The fourth-order valence-corrected chi connectivity index (χ4v) is 3.15. The molecule has 5 nitrogen and oxygen atoms in total. The van der Waals surface area contributed by atoms with Gasteiger partial charge in [-0.15, -0.1) is 22.9 Å². The molecule has 0 N–H and O–H groups in total. The SMILES string of the molecule is COC1CN(C(=O)Cc2nc(CCl)cs2)CC1OC. The molecule has 1 amide bonds. The molecule has 1 aromatic heterocycles. The predicted molar refractivity (Wildman–Crippen MR) is 73.5 cm³/mol. The van der Waals surface area contributed by atoms with Crippen molar-refractivity contribution in [3.63, 3.8) is 0 Å². The highest BCUT2D eigenvalue weighted by molar-refractivity contribution is 7.09. The summed E-state index contributed by atoms with van der Waals surface area (Å²) in [6.45, 7) is 1.14. The Kier molecular flexibility index (Phi) is 5.15. The van der Waals surface area contributed by atoms with Crippen molar-refractivity contribution in [2.45, 2.75) is 24.5 Å². The number of alkyl halides is 1. The zero-order valence-corrected chi connectivity index (χ0v) is 12.5. The maximum Gasteiger partial charge on any atom is 0.229 e. The summed E-state index contributed by atoms with van der Waals surface area (Å²) < 4.78 is 10.6. The van der Waals surface area contributed by atoms with E-state index in [2.05, 4.69) is 4.98 Å². The molecule has 1 saturated heterocycles. The third-order valence-electron chi connectivity index (χ3n) is 3.21. The number of carbonyl (C=O) groups excluding carboxylic acids is 1. The molecule has 19 heavy (non-hydrogen) atoms. The van der Waals surface area contributed by atoms with E-state index in [0.29, 0.717) is 25.4 Å². The fraction of sp³-hybridized carbons (Fsp3) is 0.667. The predicted octanol–water partition coefficient (Wildman–Crippen LogP) is 1.30. The Labute approximate surface area is 121 Å². The number of methoxy groups -OCH3 is 2. The van der Waals surface area contributed by atoms with Crippen LogP contribution in [0.4, 0.5) is 0 Å². The molecule has 2 atom stereocenters. The minimum atomic E-state index is -0.0522. The van der Waals surface area contributed by atoms with Gasteiger partial charge >= 0.3 is 0 Å². The maximum atomic E-state index is 12.2. The molecule has 0 saturated carbocycles. The van der Waals surface area contributed by atoms with Crippen LogP contribution in [0.15, 0.2) is 5.38 Å². The van der Waals surface area contributed by atoms with Crippen LogP contribution in [0.2, 0.25) is 0 Å². The lowest BCUT2D eigenvalue weighted by Crippen LogP contribution is -2.31. The Morgan fingerprint density at radius 2 is 2.11 bits per heavy atom. The molecule has 1 fully saturated rings. The van der Waals surface area contributed by atoms with Crippen LogP contribution in [0.3, 0.4) is 0 Å². The second kappa shape index (κ2) is 6.65. The maximum absolute atomic E-state index is 12.2. The second-order valence-corrected chi connectivity index (χ2v) is 5.60. The molecule has 0 spiro atoms. The van der Waals surface area contributed by atoms with Gasteiger partial charge in [-0.2, -0.15) is 0 Å². The third-order valence-corrected chi connectivity index (χ3v) is 4.38. The van der Waals surface area contributed by atoms with E-state index in [4.69, 9.17) is 21.1 Å². The zero-order valence-electron chi connectivity index (χ0n) is 11.0. The van der Waals surface area contributed by atoms with Crippen LogP contribution in [0.5, 0.6) is 0 Å². The van der Waals surface area contributed by atoms with Crippen molar-refractivity contribution in [2.24, 2.45) is 0 Å². The molecular weight excluding hydrogens is 288 g/mol. The first-order valence-electron chi connectivity index (χ1n) is 6.00. The molecule has 0 radical (unpaired) electrons. The lowest BCUT2D eigenvalue weighted by Gasteiger charge is -2.14. The number of nitrogens with zero attached hydrogens (tertiary/aromatic N) is 2. The molecule has 0 aliphatic carbocycles. The van der Waals surface area contributed by atoms with Crippen molar-refractivity contribution < 1.29 is 14.3 Å². The van der Waals surface area contributed by atoms with E-state index in [-0.39, 0.29) is 18.1 Å². The van der Waals surface area contributed by atoms with Crippen LogP contribution in [0, 0.1) is 0 Å². The fourth-order valence-electron chi connectivity index (χ4n) is 2.13. The first-order chi connectivity index (χ1) is 9.17. The lowest BCUT2D eigenvalue weighted by molar-refractivity contribution is -0.130. The molecule has 1 aliphatic heterocycles. The average Bonchev–Trinajstić information content (AvgIpc) is 3.03. The summed E-state index contributed by atoms with van der Waals surface area (Å²) in [6, 6.07) is 0. The highest BCUT2D eigenvalue weighted by atomic mass is 35.5. The van der Waals surface area contributed by atoms with Crippen molar-refractivity contribution in [2.75, 3.05) is 27.3 Å². The third kappa shape index (κ3) is 3.45. The lowest BCUT2D eigenvalue weighted by atomic mass is 10.3. The van der Waals surface area contributed by atoms with Crippen molar-refractivity contribution in [1.82, 2.24) is 9.88 Å². The first-order valence-corrected chi connectivity index (χ1v) is 7.42. The van der Waals surface area contributed by atoms with Crippen LogP contribution < -0.4 is 0 Å². The van der Waals surface area contributed by atoms with Gasteiger partial charge < -0.3 is 14.4 Å². The Hall–Kier alpha value is -0.690. The number of hydrogen-bond donors (Lipinski definition) is 0. The van der Waals surface area contributed by atoms with Gasteiger partial charge in [0.2, 0.25) is 5.91 Å². The Bertz CT molecular complexity index is 428. The highest BCUT2D eigenvalue weighted by Crippen LogP contribution is 2.18. The number of thiazole rings is 1. The smallest absolute Gasteiger partial charge is 0.229 e. The molecule has 2 unspecified atom stereocenters. The number of hydrogen-bond acceptors (Lipinski definition) is 5. The van der Waals surface area contributed by atoms with Crippen LogP contribution >= 0.6 is 22.9 Å². The van der Waals surface area contributed by atoms with Crippen molar-refractivity contribution in [1.29, 1.82) is 0 Å². The van der Waals surface area contributed by atoms with E-state index in [1.54, 1.807) is 19.1 Å². The number of likely N-dealkylation sites (tertiary alicyclic amines) is 1. The van der Waals surface area contributed by atoms with Crippen molar-refractivity contribution >= 4 is 28.8 Å². The standard InChI is InChI=1S/C12H17ClN2O3S/c1-17-9-5-15(6-10(9)18-2)12(16)3-11-14-8(4-13)7-19-11/h7,9-10H,3-6H2,1-2H3. The van der Waals surface area contributed by atoms with E-state index in [9.17, 15) is 4.79 Å². The largest absolute Gasteiger partial charge is 0.377 e. The summed E-state index contributed by atoms with van der Waals surface area (Å²) in [5.74, 6) is 0.434. The van der Waals surface area contributed by atoms with Gasteiger partial charge in [-0.1, -0.05) is 0 Å². The molecule has 106 valence electrons. The number of amides is 1. The highest BCUT2D eigenvalue weighted by Gasteiger charge is 2.35. The van der Waals surface area contributed by atoms with E-state index in [1.807, 2.05) is 5.38 Å². The van der Waals surface area contributed by atoms with Crippen LogP contribution in [-0.2, 0) is 26.6 Å². The molecule has 7 heteroatoms. The van der Waals surface area contributed by atoms with Crippen molar-refractivity contribution in [3.05, 3.63) is 16.1 Å². The van der Waals surface area contributed by atoms with Gasteiger partial charge in [0.15, 0.2) is 0 Å². The molecule has 1 aliphatic rings. The normalized spacial score (nSPS) is 23.0. The van der Waals surface area contributed by atoms with Gasteiger partial charge in [0.25, 0.3) is 0 Å². The first kappa shape index (κ1) is 14.7. The van der Waals surface area contributed by atoms with E-state index < -0.39 is 0 Å². The van der Waals surface area contributed by atoms with Gasteiger partial charge in [-0.25, -0.2) is 4.98 Å². The van der Waals surface area contributed by atoms with Gasteiger partial charge in [0.1, 0.15) is 17.2 Å². The van der Waals surface area contributed by atoms with Gasteiger partial charge in [-0.3, -0.25) is 4.79 Å². The number of rotatable bonds is 5. The average molecular weight is 305 g/mol. The number of halogens is 1. The summed E-state index contributed by atoms with van der Waals surface area (Å²) >= 11 is 7.16. The molecule has 0 aromatic carbocycles. The Morgan fingerprint density at radius 3 is 2.58 bits per heavy atom. The summed E-state index contributed by atoms with van der Waals surface area (Å²) in [7, 11) is 3.27. The van der Waals surface area contributed by atoms with Crippen LogP contribution in [0.25, 0.3) is 0 Å². The molecule has 1 aromatic rings. The molecule has 2 heterocycles. The quantitative estimate of drug-likeness (QED) is 0.769. The van der Waals surface area contributed by atoms with Gasteiger partial charge in [-0.05, 0) is 0 Å². The second-order valence-electron chi connectivity index (χ2n) is 4.39. The minimum Gasteiger partial charge on any atom is -0.377 e. The van der Waals surface area contributed by atoms with E-state index in [1.165, 1.54) is 11.3 Å².